The van der Waals surface area contributed by atoms with Crippen LogP contribution in [0.15, 0.2) is 53.4 Å². The summed E-state index contributed by atoms with van der Waals surface area (Å²) < 4.78 is 0. The third kappa shape index (κ3) is 6.02. The molecule has 3 heteroatoms. The summed E-state index contributed by atoms with van der Waals surface area (Å²) in [6, 6.07) is 18.2. The second kappa shape index (κ2) is 9.11. The highest BCUT2D eigenvalue weighted by Crippen LogP contribution is 2.15. The molecule has 2 aromatic carbocycles. The first kappa shape index (κ1) is 18.1. The number of thioether (sulfide) groups is 1. The van der Waals surface area contributed by atoms with Crippen LogP contribution in [0.4, 0.5) is 0 Å². The average molecular weight is 329 g/mol. The van der Waals surface area contributed by atoms with Crippen LogP contribution in [0.5, 0.6) is 0 Å². The van der Waals surface area contributed by atoms with Crippen molar-refractivity contribution in [3.63, 3.8) is 0 Å². The molecule has 0 unspecified atom stereocenters. The first-order valence-electron chi connectivity index (χ1n) is 8.20. The van der Waals surface area contributed by atoms with E-state index in [4.69, 9.17) is 0 Å². The van der Waals surface area contributed by atoms with Gasteiger partial charge in [-0.1, -0.05) is 36.4 Å². The van der Waals surface area contributed by atoms with E-state index in [-0.39, 0.29) is 0 Å². The first-order valence-corrected chi connectivity index (χ1v) is 9.42. The highest BCUT2D eigenvalue weighted by molar-refractivity contribution is 7.98. The molecule has 0 aliphatic carbocycles. The van der Waals surface area contributed by atoms with Gasteiger partial charge in [-0.3, -0.25) is 4.90 Å². The van der Waals surface area contributed by atoms with Gasteiger partial charge in [0.1, 0.15) is 0 Å². The fourth-order valence-electron chi connectivity index (χ4n) is 2.40. The van der Waals surface area contributed by atoms with E-state index in [1.165, 1.54) is 21.6 Å². The number of nitrogens with zero attached hydrogens (tertiary/aromatic N) is 1. The summed E-state index contributed by atoms with van der Waals surface area (Å²) in [6.45, 7) is 7.28. The number of rotatable bonds is 8. The van der Waals surface area contributed by atoms with Crippen LogP contribution >= 0.6 is 11.8 Å². The van der Waals surface area contributed by atoms with Gasteiger partial charge in [0.25, 0.3) is 0 Å². The minimum absolute atomic E-state index is 0.570. The normalized spacial score (nSPS) is 11.4. The maximum atomic E-state index is 3.54. The van der Waals surface area contributed by atoms with Gasteiger partial charge in [-0.05, 0) is 56.0 Å². The number of hydrogen-bond acceptors (Lipinski definition) is 3. The lowest BCUT2D eigenvalue weighted by Crippen LogP contribution is -2.25. The van der Waals surface area contributed by atoms with Crippen molar-refractivity contribution in [2.24, 2.45) is 0 Å². The van der Waals surface area contributed by atoms with Crippen molar-refractivity contribution >= 4 is 11.8 Å². The summed E-state index contributed by atoms with van der Waals surface area (Å²) in [5, 5.41) is 3.54. The van der Waals surface area contributed by atoms with Crippen LogP contribution < -0.4 is 5.32 Å². The third-order valence-electron chi connectivity index (χ3n) is 4.12. The molecule has 2 rings (SSSR count). The van der Waals surface area contributed by atoms with E-state index in [9.17, 15) is 0 Å². The molecule has 0 atom stereocenters. The van der Waals surface area contributed by atoms with Crippen LogP contribution in [0.25, 0.3) is 0 Å². The summed E-state index contributed by atoms with van der Waals surface area (Å²) in [5.41, 5.74) is 4.06. The zero-order valence-corrected chi connectivity index (χ0v) is 15.5. The van der Waals surface area contributed by atoms with Crippen molar-refractivity contribution in [3.05, 3.63) is 65.2 Å². The van der Waals surface area contributed by atoms with Gasteiger partial charge in [-0.25, -0.2) is 0 Å². The maximum Gasteiger partial charge on any atom is 0.0233 e. The number of benzene rings is 2. The van der Waals surface area contributed by atoms with Gasteiger partial charge in [-0.15, -0.1) is 11.8 Å². The number of nitrogens with one attached hydrogen (secondary N) is 1. The molecule has 0 saturated heterocycles. The topological polar surface area (TPSA) is 15.3 Å². The molecule has 1 N–H and O–H groups in total. The Hall–Kier alpha value is -1.29. The van der Waals surface area contributed by atoms with Crippen LogP contribution in [-0.2, 0) is 19.6 Å². The van der Waals surface area contributed by atoms with Crippen LogP contribution in [-0.4, -0.2) is 24.2 Å². The van der Waals surface area contributed by atoms with Crippen LogP contribution in [0.2, 0.25) is 0 Å². The Morgan fingerprint density at radius 2 is 1.61 bits per heavy atom. The lowest BCUT2D eigenvalue weighted by molar-refractivity contribution is 0.266. The quantitative estimate of drug-likeness (QED) is 0.716. The Balaban J connectivity index is 1.85. The Morgan fingerprint density at radius 1 is 0.957 bits per heavy atom. The van der Waals surface area contributed by atoms with Gasteiger partial charge in [0.2, 0.25) is 0 Å². The monoisotopic (exact) mass is 328 g/mol. The largest absolute Gasteiger partial charge is 0.309 e. The zero-order chi connectivity index (χ0) is 16.7. The van der Waals surface area contributed by atoms with Gasteiger partial charge in [0.05, 0.1) is 0 Å². The summed E-state index contributed by atoms with van der Waals surface area (Å²) in [6.07, 6.45) is 2.11. The molecule has 2 nitrogen and oxygen atoms in total. The second-order valence-corrected chi connectivity index (χ2v) is 7.16. The molecule has 0 bridgehead atoms. The van der Waals surface area contributed by atoms with Crippen LogP contribution in [0, 0.1) is 0 Å². The van der Waals surface area contributed by atoms with E-state index in [1.54, 1.807) is 11.8 Å². The first-order chi connectivity index (χ1) is 11.1. The van der Waals surface area contributed by atoms with Gasteiger partial charge >= 0.3 is 0 Å². The van der Waals surface area contributed by atoms with E-state index in [1.807, 2.05) is 0 Å². The second-order valence-electron chi connectivity index (χ2n) is 6.28. The highest BCUT2D eigenvalue weighted by Gasteiger charge is 2.04. The van der Waals surface area contributed by atoms with Gasteiger partial charge < -0.3 is 5.32 Å². The smallest absolute Gasteiger partial charge is 0.0233 e. The summed E-state index contributed by atoms with van der Waals surface area (Å²) in [7, 11) is 2.17. The van der Waals surface area contributed by atoms with Crippen molar-refractivity contribution in [1.29, 1.82) is 0 Å². The summed E-state index contributed by atoms with van der Waals surface area (Å²) >= 11 is 1.78. The molecule has 0 aromatic heterocycles. The fraction of sp³-hybridized carbons (Fsp3) is 0.400. The standard InChI is InChI=1S/C20H28N2S/c1-16(2)22(3)15-19-7-5-6-18(12-19)14-21-13-17-8-10-20(23-4)11-9-17/h5-12,16,21H,13-15H2,1-4H3. The predicted octanol–water partition coefficient (Wildman–Crippen LogP) is 4.54. The van der Waals surface area contributed by atoms with Crippen molar-refractivity contribution < 1.29 is 0 Å². The molecule has 0 spiro atoms. The predicted molar refractivity (Wildman–Crippen MR) is 102 cm³/mol. The minimum Gasteiger partial charge on any atom is -0.309 e. The molecule has 0 fully saturated rings. The van der Waals surface area contributed by atoms with E-state index >= 15 is 0 Å². The van der Waals surface area contributed by atoms with E-state index in [0.29, 0.717) is 6.04 Å². The SMILES string of the molecule is CSc1ccc(CNCc2cccc(CN(C)C(C)C)c2)cc1. The molecule has 0 saturated carbocycles. The van der Waals surface area contributed by atoms with E-state index in [2.05, 4.69) is 85.9 Å². The molecule has 2 aromatic rings. The third-order valence-corrected chi connectivity index (χ3v) is 4.87. The Morgan fingerprint density at radius 3 is 2.26 bits per heavy atom. The molecule has 0 aliphatic rings. The summed E-state index contributed by atoms with van der Waals surface area (Å²) in [4.78, 5) is 3.68. The Kier molecular flexibility index (Phi) is 7.15. The van der Waals surface area contributed by atoms with E-state index < -0.39 is 0 Å². The molecule has 23 heavy (non-hydrogen) atoms. The lowest BCUT2D eigenvalue weighted by Gasteiger charge is -2.21. The number of hydrogen-bond donors (Lipinski definition) is 1. The maximum absolute atomic E-state index is 3.54. The Labute approximate surface area is 145 Å². The van der Waals surface area contributed by atoms with E-state index in [0.717, 1.165) is 19.6 Å². The zero-order valence-electron chi connectivity index (χ0n) is 14.7. The molecule has 0 heterocycles. The molecule has 0 aliphatic heterocycles. The molecular weight excluding hydrogens is 300 g/mol. The van der Waals surface area contributed by atoms with Crippen LogP contribution in [0.1, 0.15) is 30.5 Å². The van der Waals surface area contributed by atoms with Crippen molar-refractivity contribution in [3.8, 4) is 0 Å². The van der Waals surface area contributed by atoms with Gasteiger partial charge in [0, 0.05) is 30.6 Å². The molecule has 124 valence electrons. The fourth-order valence-corrected chi connectivity index (χ4v) is 2.81. The minimum atomic E-state index is 0.570. The van der Waals surface area contributed by atoms with Crippen molar-refractivity contribution in [2.75, 3.05) is 13.3 Å². The molecular formula is C20H28N2S. The van der Waals surface area contributed by atoms with Crippen LogP contribution in [0.3, 0.4) is 0 Å². The highest BCUT2D eigenvalue weighted by atomic mass is 32.2. The van der Waals surface area contributed by atoms with Crippen molar-refractivity contribution in [1.82, 2.24) is 10.2 Å². The average Bonchev–Trinajstić information content (AvgIpc) is 2.56. The molecule has 0 radical (unpaired) electrons. The van der Waals surface area contributed by atoms with Gasteiger partial charge in [-0.2, -0.15) is 0 Å². The van der Waals surface area contributed by atoms with Crippen molar-refractivity contribution in [2.45, 2.75) is 44.4 Å². The van der Waals surface area contributed by atoms with Gasteiger partial charge in [0.15, 0.2) is 0 Å². The summed E-state index contributed by atoms with van der Waals surface area (Å²) in [5.74, 6) is 0. The lowest BCUT2D eigenvalue weighted by atomic mass is 10.1. The molecule has 0 amide bonds. The Bertz CT molecular complexity index is 593.